The number of aryl methyl sites for hydroxylation is 1. The van der Waals surface area contributed by atoms with Crippen molar-refractivity contribution in [1.29, 1.82) is 0 Å². The number of rotatable bonds is 6. The summed E-state index contributed by atoms with van der Waals surface area (Å²) < 4.78 is 1.19. The minimum absolute atomic E-state index is 0.225. The lowest BCUT2D eigenvalue weighted by Crippen LogP contribution is -2.36. The Hall–Kier alpha value is 0.450. The topological polar surface area (TPSA) is 32.3 Å². The largest absolute Gasteiger partial charge is 0.395 e. The molecule has 0 aromatic carbocycles. The molecule has 1 aromatic rings. The van der Waals surface area contributed by atoms with Gasteiger partial charge < -0.3 is 10.4 Å². The van der Waals surface area contributed by atoms with Crippen LogP contribution in [0.5, 0.6) is 0 Å². The normalized spacial score (nSPS) is 15.1. The Balaban J connectivity index is 2.45. The third-order valence-electron chi connectivity index (χ3n) is 2.55. The molecule has 0 saturated carbocycles. The lowest BCUT2D eigenvalue weighted by Gasteiger charge is -2.20. The van der Waals surface area contributed by atoms with Gasteiger partial charge in [0.2, 0.25) is 0 Å². The van der Waals surface area contributed by atoms with Crippen molar-refractivity contribution in [1.82, 2.24) is 5.32 Å². The summed E-state index contributed by atoms with van der Waals surface area (Å²) in [5.41, 5.74) is 0. The number of aliphatic hydroxyl groups excluding tert-OH is 1. The molecular formula is C11H18BrNOS2. The molecule has 0 aliphatic heterocycles. The minimum atomic E-state index is 0.225. The highest BCUT2D eigenvalue weighted by Crippen LogP contribution is 2.26. The van der Waals surface area contributed by atoms with Gasteiger partial charge in [-0.1, -0.05) is 0 Å². The minimum Gasteiger partial charge on any atom is -0.395 e. The predicted octanol–water partition coefficient (Wildman–Crippen LogP) is 3.02. The summed E-state index contributed by atoms with van der Waals surface area (Å²) in [6.07, 6.45) is 2.03. The second-order valence-electron chi connectivity index (χ2n) is 3.74. The smallest absolute Gasteiger partial charge is 0.0564 e. The first-order chi connectivity index (χ1) is 7.58. The molecule has 2 unspecified atom stereocenters. The van der Waals surface area contributed by atoms with Crippen molar-refractivity contribution < 1.29 is 5.11 Å². The summed E-state index contributed by atoms with van der Waals surface area (Å²) in [7, 11) is 0. The fourth-order valence-electron chi connectivity index (χ4n) is 1.43. The number of nitrogens with one attached hydrogen (secondary N) is 1. The van der Waals surface area contributed by atoms with E-state index in [1.54, 1.807) is 23.1 Å². The monoisotopic (exact) mass is 323 g/mol. The Morgan fingerprint density at radius 2 is 2.31 bits per heavy atom. The van der Waals surface area contributed by atoms with Crippen molar-refractivity contribution in [3.8, 4) is 0 Å². The molecule has 1 aromatic heterocycles. The zero-order valence-electron chi connectivity index (χ0n) is 9.79. The summed E-state index contributed by atoms with van der Waals surface area (Å²) in [5.74, 6) is 0. The molecule has 0 spiro atoms. The van der Waals surface area contributed by atoms with Crippen LogP contribution in [0, 0.1) is 6.92 Å². The van der Waals surface area contributed by atoms with E-state index in [4.69, 9.17) is 0 Å². The molecule has 1 heterocycles. The Morgan fingerprint density at radius 3 is 2.75 bits per heavy atom. The van der Waals surface area contributed by atoms with Crippen LogP contribution in [-0.2, 0) is 6.54 Å². The van der Waals surface area contributed by atoms with Gasteiger partial charge >= 0.3 is 0 Å². The van der Waals surface area contributed by atoms with E-state index in [0.29, 0.717) is 6.04 Å². The van der Waals surface area contributed by atoms with Gasteiger partial charge in [0.1, 0.15) is 0 Å². The molecule has 0 bridgehead atoms. The van der Waals surface area contributed by atoms with Crippen LogP contribution in [-0.4, -0.2) is 29.3 Å². The van der Waals surface area contributed by atoms with Crippen LogP contribution < -0.4 is 5.32 Å². The van der Waals surface area contributed by atoms with E-state index >= 15 is 0 Å². The molecule has 0 radical (unpaired) electrons. The molecule has 1 rings (SSSR count). The molecule has 0 aliphatic rings. The molecule has 2 N–H and O–H groups in total. The van der Waals surface area contributed by atoms with E-state index in [0.717, 1.165) is 6.54 Å². The number of hydrogen-bond donors (Lipinski definition) is 2. The van der Waals surface area contributed by atoms with E-state index in [1.807, 2.05) is 6.26 Å². The first-order valence-electron chi connectivity index (χ1n) is 5.20. The van der Waals surface area contributed by atoms with E-state index < -0.39 is 0 Å². The van der Waals surface area contributed by atoms with Gasteiger partial charge in [-0.3, -0.25) is 0 Å². The van der Waals surface area contributed by atoms with Gasteiger partial charge in [0.05, 0.1) is 6.61 Å². The van der Waals surface area contributed by atoms with Gasteiger partial charge in [-0.15, -0.1) is 11.3 Å². The Kier molecular flexibility index (Phi) is 6.36. The molecule has 2 nitrogen and oxygen atoms in total. The first-order valence-corrected chi connectivity index (χ1v) is 8.10. The van der Waals surface area contributed by atoms with Crippen LogP contribution in [0.2, 0.25) is 0 Å². The number of aliphatic hydroxyl groups is 1. The molecular weight excluding hydrogens is 306 g/mol. The van der Waals surface area contributed by atoms with Crippen molar-refractivity contribution >= 4 is 39.0 Å². The highest BCUT2D eigenvalue weighted by molar-refractivity contribution is 9.10. The molecule has 0 aliphatic carbocycles. The summed E-state index contributed by atoms with van der Waals surface area (Å²) in [6.45, 7) is 5.32. The lowest BCUT2D eigenvalue weighted by molar-refractivity contribution is 0.276. The quantitative estimate of drug-likeness (QED) is 0.844. The van der Waals surface area contributed by atoms with Gasteiger partial charge in [0.25, 0.3) is 0 Å². The predicted molar refractivity (Wildman–Crippen MR) is 77.4 cm³/mol. The number of thiophene rings is 1. The summed E-state index contributed by atoms with van der Waals surface area (Å²) in [4.78, 5) is 2.64. The van der Waals surface area contributed by atoms with Gasteiger partial charge in [-0.2, -0.15) is 11.8 Å². The molecule has 92 valence electrons. The zero-order chi connectivity index (χ0) is 12.1. The van der Waals surface area contributed by atoms with Crippen LogP contribution in [0.1, 0.15) is 16.7 Å². The van der Waals surface area contributed by atoms with Crippen LogP contribution >= 0.6 is 39.0 Å². The summed E-state index contributed by atoms with van der Waals surface area (Å²) in [6, 6.07) is 2.48. The van der Waals surface area contributed by atoms with Gasteiger partial charge in [0.15, 0.2) is 0 Å². The van der Waals surface area contributed by atoms with Crippen LogP contribution in [0.4, 0.5) is 0 Å². The van der Waals surface area contributed by atoms with E-state index in [9.17, 15) is 5.11 Å². The zero-order valence-corrected chi connectivity index (χ0v) is 13.0. The van der Waals surface area contributed by atoms with Crippen LogP contribution in [0.25, 0.3) is 0 Å². The fourth-order valence-corrected chi connectivity index (χ4v) is 3.64. The highest BCUT2D eigenvalue weighted by Gasteiger charge is 2.14. The SMILES string of the molecule is CSC(CO)C(C)NCc1cc(Br)c(C)s1. The lowest BCUT2D eigenvalue weighted by atomic mass is 10.2. The molecule has 0 fully saturated rings. The maximum absolute atomic E-state index is 9.18. The summed E-state index contributed by atoms with van der Waals surface area (Å²) >= 11 is 7.03. The van der Waals surface area contributed by atoms with E-state index in [-0.39, 0.29) is 11.9 Å². The highest BCUT2D eigenvalue weighted by atomic mass is 79.9. The fraction of sp³-hybridized carbons (Fsp3) is 0.636. The van der Waals surface area contributed by atoms with Crippen molar-refractivity contribution in [2.45, 2.75) is 31.7 Å². The van der Waals surface area contributed by atoms with Gasteiger partial charge in [0, 0.05) is 32.1 Å². The molecule has 0 amide bonds. The molecule has 16 heavy (non-hydrogen) atoms. The molecule has 0 saturated heterocycles. The molecule has 2 atom stereocenters. The third kappa shape index (κ3) is 4.04. The maximum Gasteiger partial charge on any atom is 0.0564 e. The van der Waals surface area contributed by atoms with Crippen LogP contribution in [0.15, 0.2) is 10.5 Å². The number of halogens is 1. The van der Waals surface area contributed by atoms with E-state index in [1.165, 1.54) is 14.2 Å². The maximum atomic E-state index is 9.18. The van der Waals surface area contributed by atoms with Crippen molar-refractivity contribution in [3.05, 3.63) is 20.3 Å². The molecule has 5 heteroatoms. The average Bonchev–Trinajstić information content (AvgIpc) is 2.57. The van der Waals surface area contributed by atoms with Crippen molar-refractivity contribution in [3.63, 3.8) is 0 Å². The second kappa shape index (κ2) is 7.01. The number of hydrogen-bond acceptors (Lipinski definition) is 4. The summed E-state index contributed by atoms with van der Waals surface area (Å²) in [5, 5.41) is 12.9. The van der Waals surface area contributed by atoms with Gasteiger partial charge in [-0.25, -0.2) is 0 Å². The van der Waals surface area contributed by atoms with Crippen molar-refractivity contribution in [2.24, 2.45) is 0 Å². The second-order valence-corrected chi connectivity index (χ2v) is 7.02. The van der Waals surface area contributed by atoms with E-state index in [2.05, 4.69) is 41.2 Å². The Labute approximate surface area is 114 Å². The standard InChI is InChI=1S/C11H18BrNOS2/c1-7(11(6-14)15-3)13-5-9-4-10(12)8(2)16-9/h4,7,11,13-14H,5-6H2,1-3H3. The first kappa shape index (κ1) is 14.5. The van der Waals surface area contributed by atoms with Gasteiger partial charge in [-0.05, 0) is 42.1 Å². The Bertz CT molecular complexity index is 306. The number of thioether (sulfide) groups is 1. The van der Waals surface area contributed by atoms with Crippen LogP contribution in [0.3, 0.4) is 0 Å². The third-order valence-corrected chi connectivity index (χ3v) is 5.85. The average molecular weight is 324 g/mol. The Morgan fingerprint density at radius 1 is 1.62 bits per heavy atom. The van der Waals surface area contributed by atoms with Crippen molar-refractivity contribution in [2.75, 3.05) is 12.9 Å².